The number of hydrogen-bond acceptors (Lipinski definition) is 4. The fourth-order valence-electron chi connectivity index (χ4n) is 2.55. The first-order valence-electron chi connectivity index (χ1n) is 6.29. The topological polar surface area (TPSA) is 53.7 Å². The molecule has 18 heavy (non-hydrogen) atoms. The van der Waals surface area contributed by atoms with Gasteiger partial charge in [0.1, 0.15) is 5.75 Å². The van der Waals surface area contributed by atoms with Gasteiger partial charge in [0, 0.05) is 14.2 Å². The van der Waals surface area contributed by atoms with E-state index in [1.807, 2.05) is 18.2 Å². The summed E-state index contributed by atoms with van der Waals surface area (Å²) in [6.07, 6.45) is 1.48. The quantitative estimate of drug-likeness (QED) is 0.812. The van der Waals surface area contributed by atoms with Crippen LogP contribution in [0.5, 0.6) is 5.75 Å². The molecule has 2 atom stereocenters. The minimum Gasteiger partial charge on any atom is -0.493 e. The van der Waals surface area contributed by atoms with E-state index in [1.165, 1.54) is 5.56 Å². The molecule has 0 aromatic heterocycles. The van der Waals surface area contributed by atoms with Crippen LogP contribution in [-0.2, 0) is 9.47 Å². The molecule has 0 bridgehead atoms. The van der Waals surface area contributed by atoms with Crippen molar-refractivity contribution in [3.63, 3.8) is 0 Å². The first kappa shape index (κ1) is 13.3. The first-order chi connectivity index (χ1) is 8.76. The van der Waals surface area contributed by atoms with Crippen LogP contribution < -0.4 is 10.5 Å². The number of fused-ring (bicyclic) bond motifs is 1. The number of hydrogen-bond donors (Lipinski definition) is 1. The molecule has 4 nitrogen and oxygen atoms in total. The zero-order valence-corrected chi connectivity index (χ0v) is 11.0. The van der Waals surface area contributed by atoms with Gasteiger partial charge in [-0.25, -0.2) is 0 Å². The van der Waals surface area contributed by atoms with Gasteiger partial charge in [0.05, 0.1) is 12.6 Å². The monoisotopic (exact) mass is 251 g/mol. The standard InChI is InChI=1S/C14H21NO3/c1-16-14(17-2)12(15)9-10-7-8-18-13-6-4-3-5-11(10)13/h3-6,10,12,14H,7-9,15H2,1-2H3. The average molecular weight is 251 g/mol. The fraction of sp³-hybridized carbons (Fsp3) is 0.571. The molecule has 0 saturated carbocycles. The Hall–Kier alpha value is -1.10. The highest BCUT2D eigenvalue weighted by molar-refractivity contribution is 5.37. The van der Waals surface area contributed by atoms with Crippen LogP contribution in [0.3, 0.4) is 0 Å². The first-order valence-corrected chi connectivity index (χ1v) is 6.29. The van der Waals surface area contributed by atoms with E-state index in [0.29, 0.717) is 5.92 Å². The summed E-state index contributed by atoms with van der Waals surface area (Å²) in [7, 11) is 3.23. The van der Waals surface area contributed by atoms with Crippen molar-refractivity contribution in [2.24, 2.45) is 5.73 Å². The van der Waals surface area contributed by atoms with E-state index in [-0.39, 0.29) is 12.3 Å². The number of methoxy groups -OCH3 is 2. The van der Waals surface area contributed by atoms with Crippen molar-refractivity contribution in [1.29, 1.82) is 0 Å². The van der Waals surface area contributed by atoms with Gasteiger partial charge >= 0.3 is 0 Å². The molecule has 1 heterocycles. The summed E-state index contributed by atoms with van der Waals surface area (Å²) < 4.78 is 16.1. The lowest BCUT2D eigenvalue weighted by atomic mass is 9.87. The van der Waals surface area contributed by atoms with Crippen LogP contribution in [0.15, 0.2) is 24.3 Å². The van der Waals surface area contributed by atoms with Crippen LogP contribution in [0.25, 0.3) is 0 Å². The lowest BCUT2D eigenvalue weighted by Gasteiger charge is -2.30. The van der Waals surface area contributed by atoms with Gasteiger partial charge in [-0.1, -0.05) is 18.2 Å². The van der Waals surface area contributed by atoms with Crippen LogP contribution in [0.1, 0.15) is 24.3 Å². The van der Waals surface area contributed by atoms with E-state index < -0.39 is 0 Å². The lowest BCUT2D eigenvalue weighted by molar-refractivity contribution is -0.118. The molecule has 2 N–H and O–H groups in total. The maximum atomic E-state index is 6.14. The van der Waals surface area contributed by atoms with E-state index in [0.717, 1.165) is 25.2 Å². The highest BCUT2D eigenvalue weighted by Crippen LogP contribution is 2.36. The maximum absolute atomic E-state index is 6.14. The van der Waals surface area contributed by atoms with Crippen molar-refractivity contribution in [3.05, 3.63) is 29.8 Å². The predicted octanol–water partition coefficient (Wildman–Crippen LogP) is 1.89. The number of benzene rings is 1. The minimum absolute atomic E-state index is 0.129. The molecule has 0 fully saturated rings. The van der Waals surface area contributed by atoms with Crippen LogP contribution in [0.2, 0.25) is 0 Å². The van der Waals surface area contributed by atoms with Gasteiger partial charge in [-0.15, -0.1) is 0 Å². The Bertz CT molecular complexity index is 379. The molecule has 0 radical (unpaired) electrons. The van der Waals surface area contributed by atoms with E-state index in [2.05, 4.69) is 6.07 Å². The molecule has 0 saturated heterocycles. The van der Waals surface area contributed by atoms with Gasteiger partial charge in [0.15, 0.2) is 6.29 Å². The Morgan fingerprint density at radius 1 is 1.33 bits per heavy atom. The van der Waals surface area contributed by atoms with Gasteiger partial charge in [0.25, 0.3) is 0 Å². The second kappa shape index (κ2) is 6.18. The van der Waals surface area contributed by atoms with Crippen LogP contribution in [0.4, 0.5) is 0 Å². The highest BCUT2D eigenvalue weighted by atomic mass is 16.7. The van der Waals surface area contributed by atoms with Crippen molar-refractivity contribution in [3.8, 4) is 5.75 Å². The highest BCUT2D eigenvalue weighted by Gasteiger charge is 2.26. The lowest BCUT2D eigenvalue weighted by Crippen LogP contribution is -2.39. The van der Waals surface area contributed by atoms with E-state index >= 15 is 0 Å². The third-order valence-corrected chi connectivity index (χ3v) is 3.45. The molecule has 2 unspecified atom stereocenters. The van der Waals surface area contributed by atoms with E-state index in [1.54, 1.807) is 14.2 Å². The van der Waals surface area contributed by atoms with Crippen LogP contribution in [-0.4, -0.2) is 33.2 Å². The van der Waals surface area contributed by atoms with Crippen molar-refractivity contribution in [2.45, 2.75) is 31.1 Å². The summed E-state index contributed by atoms with van der Waals surface area (Å²) >= 11 is 0. The summed E-state index contributed by atoms with van der Waals surface area (Å²) in [6.45, 7) is 0.749. The molecule has 1 aromatic carbocycles. The Labute approximate surface area is 108 Å². The maximum Gasteiger partial charge on any atom is 0.171 e. The van der Waals surface area contributed by atoms with Gasteiger partial charge in [-0.3, -0.25) is 0 Å². The predicted molar refractivity (Wildman–Crippen MR) is 69.7 cm³/mol. The second-order valence-electron chi connectivity index (χ2n) is 4.61. The second-order valence-corrected chi connectivity index (χ2v) is 4.61. The summed E-state index contributed by atoms with van der Waals surface area (Å²) in [4.78, 5) is 0. The smallest absolute Gasteiger partial charge is 0.171 e. The molecular formula is C14H21NO3. The number of rotatable bonds is 5. The van der Waals surface area contributed by atoms with Crippen molar-refractivity contribution in [2.75, 3.05) is 20.8 Å². The minimum atomic E-state index is -0.347. The Balaban J connectivity index is 2.07. The Kier molecular flexibility index (Phi) is 4.58. The molecule has 4 heteroatoms. The summed E-state index contributed by atoms with van der Waals surface area (Å²) in [5.74, 6) is 1.39. The zero-order chi connectivity index (χ0) is 13.0. The number of ether oxygens (including phenoxy) is 3. The zero-order valence-electron chi connectivity index (χ0n) is 11.0. The molecule has 1 aliphatic rings. The molecule has 0 aliphatic carbocycles. The molecule has 1 aromatic rings. The van der Waals surface area contributed by atoms with Crippen LogP contribution >= 0.6 is 0 Å². The van der Waals surface area contributed by atoms with Crippen LogP contribution in [0, 0.1) is 0 Å². The summed E-state index contributed by atoms with van der Waals surface area (Å²) in [5.41, 5.74) is 7.38. The van der Waals surface area contributed by atoms with Gasteiger partial charge in [0.2, 0.25) is 0 Å². The largest absolute Gasteiger partial charge is 0.493 e. The SMILES string of the molecule is COC(OC)C(N)CC1CCOc2ccccc21. The van der Waals surface area contributed by atoms with Gasteiger partial charge < -0.3 is 19.9 Å². The van der Waals surface area contributed by atoms with Crippen molar-refractivity contribution in [1.82, 2.24) is 0 Å². The fourth-order valence-corrected chi connectivity index (χ4v) is 2.55. The van der Waals surface area contributed by atoms with E-state index in [4.69, 9.17) is 19.9 Å². The van der Waals surface area contributed by atoms with Crippen molar-refractivity contribution >= 4 is 0 Å². The van der Waals surface area contributed by atoms with Gasteiger partial charge in [-0.2, -0.15) is 0 Å². The number of nitrogens with two attached hydrogens (primary N) is 1. The molecule has 2 rings (SSSR count). The molecule has 0 amide bonds. The van der Waals surface area contributed by atoms with Gasteiger partial charge in [-0.05, 0) is 30.4 Å². The van der Waals surface area contributed by atoms with E-state index in [9.17, 15) is 0 Å². The third-order valence-electron chi connectivity index (χ3n) is 3.45. The molecule has 1 aliphatic heterocycles. The average Bonchev–Trinajstić information content (AvgIpc) is 2.40. The number of para-hydroxylation sites is 1. The summed E-state index contributed by atoms with van der Waals surface area (Å²) in [5, 5.41) is 0. The Morgan fingerprint density at radius 3 is 2.78 bits per heavy atom. The molecule has 100 valence electrons. The molecular weight excluding hydrogens is 230 g/mol. The van der Waals surface area contributed by atoms with Crippen molar-refractivity contribution < 1.29 is 14.2 Å². The Morgan fingerprint density at radius 2 is 2.06 bits per heavy atom. The summed E-state index contributed by atoms with van der Waals surface area (Å²) in [6, 6.07) is 8.03. The normalized spacial score (nSPS) is 20.3. The third kappa shape index (κ3) is 2.83. The molecule has 0 spiro atoms.